The van der Waals surface area contributed by atoms with Gasteiger partial charge in [0.25, 0.3) is 5.92 Å². The van der Waals surface area contributed by atoms with Gasteiger partial charge in [0.15, 0.2) is 5.41 Å². The van der Waals surface area contributed by atoms with Crippen LogP contribution in [-0.4, -0.2) is 28.9 Å². The number of allylic oxidation sites excluding steroid dienone is 1. The van der Waals surface area contributed by atoms with Crippen molar-refractivity contribution >= 4 is 18.0 Å². The Labute approximate surface area is 196 Å². The molecule has 4 rings (SSSR count). The summed E-state index contributed by atoms with van der Waals surface area (Å²) >= 11 is 0. The lowest BCUT2D eigenvalue weighted by atomic mass is 9.56. The van der Waals surface area contributed by atoms with Gasteiger partial charge in [-0.25, -0.2) is 8.78 Å². The van der Waals surface area contributed by atoms with Crippen molar-refractivity contribution in [1.29, 1.82) is 5.26 Å². The van der Waals surface area contributed by atoms with Gasteiger partial charge >= 0.3 is 5.97 Å². The van der Waals surface area contributed by atoms with Crippen molar-refractivity contribution in [3.05, 3.63) is 59.4 Å². The first-order valence-corrected chi connectivity index (χ1v) is 11.1. The summed E-state index contributed by atoms with van der Waals surface area (Å²) in [5, 5.41) is 9.39. The van der Waals surface area contributed by atoms with Gasteiger partial charge in [0.05, 0.1) is 17.3 Å². The Morgan fingerprint density at radius 2 is 1.94 bits per heavy atom. The zero-order valence-corrected chi connectivity index (χ0v) is 19.1. The summed E-state index contributed by atoms with van der Waals surface area (Å²) < 4.78 is 35.3. The minimum absolute atomic E-state index is 0.525. The fourth-order valence-corrected chi connectivity index (χ4v) is 5.46. The number of nitrogens with zero attached hydrogens (tertiary/aromatic N) is 2. The van der Waals surface area contributed by atoms with Gasteiger partial charge in [-0.3, -0.25) is 14.6 Å². The van der Waals surface area contributed by atoms with Crippen molar-refractivity contribution in [2.75, 3.05) is 0 Å². The summed E-state index contributed by atoms with van der Waals surface area (Å²) in [5.74, 6) is -8.10. The zero-order valence-electron chi connectivity index (χ0n) is 19.1. The van der Waals surface area contributed by atoms with Crippen molar-refractivity contribution in [2.45, 2.75) is 39.2 Å². The third kappa shape index (κ3) is 3.56. The van der Waals surface area contributed by atoms with Crippen LogP contribution >= 0.6 is 0 Å². The van der Waals surface area contributed by atoms with Crippen molar-refractivity contribution < 1.29 is 23.1 Å². The molecule has 1 aliphatic heterocycles. The van der Waals surface area contributed by atoms with E-state index in [1.54, 1.807) is 37.3 Å². The number of benzene rings is 1. The number of esters is 1. The lowest BCUT2D eigenvalue weighted by Crippen LogP contribution is -2.58. The molecule has 1 aliphatic carbocycles. The lowest BCUT2D eigenvalue weighted by molar-refractivity contribution is -0.177. The first-order valence-electron chi connectivity index (χ1n) is 11.1. The average Bonchev–Trinajstić information content (AvgIpc) is 3.04. The summed E-state index contributed by atoms with van der Waals surface area (Å²) in [6.07, 6.45) is 1.53. The number of ether oxygens (including phenoxy) is 1. The van der Waals surface area contributed by atoms with E-state index in [2.05, 4.69) is 11.1 Å². The topological polar surface area (TPSA) is 106 Å². The average molecular weight is 466 g/mol. The zero-order chi connectivity index (χ0) is 24.8. The number of alkyl halides is 2. The second-order valence-corrected chi connectivity index (χ2v) is 9.16. The largest absolute Gasteiger partial charge is 0.461 e. The van der Waals surface area contributed by atoms with Gasteiger partial charge in [0.2, 0.25) is 5.91 Å². The van der Waals surface area contributed by atoms with Crippen LogP contribution in [-0.2, 0) is 14.3 Å². The van der Waals surface area contributed by atoms with E-state index in [-0.39, 0.29) is 0 Å². The predicted octanol–water partition coefficient (Wildman–Crippen LogP) is 4.27. The Kier molecular flexibility index (Phi) is 5.76. The Morgan fingerprint density at radius 3 is 2.59 bits per heavy atom. The number of carbonyl (C=O) groups excluding carboxylic acids is 2. The van der Waals surface area contributed by atoms with E-state index in [1.807, 2.05) is 25.1 Å². The first kappa shape index (κ1) is 23.6. The number of halogens is 2. The Balaban J connectivity index is 1.71. The molecular formula is C26H25F2N3O3. The molecule has 2 aliphatic rings. The molecule has 34 heavy (non-hydrogen) atoms. The highest BCUT2D eigenvalue weighted by atomic mass is 19.3. The molecular weight excluding hydrogens is 440 g/mol. The van der Waals surface area contributed by atoms with Gasteiger partial charge in [-0.15, -0.1) is 0 Å². The third-order valence-electron chi connectivity index (χ3n) is 7.28. The molecule has 1 saturated carbocycles. The van der Waals surface area contributed by atoms with Gasteiger partial charge in [0.1, 0.15) is 6.10 Å². The lowest BCUT2D eigenvalue weighted by Gasteiger charge is -2.46. The standard InChI is InChI=1S/C26H25F2N3O3/c1-14-19(22-16(3)34-24(33)25(22,23(30)32)13-26(14,27)28)10-8-18-9-11-20(15(2)31-18)21-7-5-4-6-17(21)12-29/h4-11,14,16,19,22H,13H2,1-3H3,(H2,30,32)/t14-,16+,19-,22-,25+/m0/s1. The maximum absolute atomic E-state index is 15.0. The summed E-state index contributed by atoms with van der Waals surface area (Å²) in [7, 11) is 0. The molecule has 1 aromatic carbocycles. The number of aryl methyl sites for hydroxylation is 1. The Morgan fingerprint density at radius 1 is 1.24 bits per heavy atom. The van der Waals surface area contributed by atoms with Gasteiger partial charge in [-0.05, 0) is 38.0 Å². The summed E-state index contributed by atoms with van der Waals surface area (Å²) in [6.45, 7) is 4.83. The van der Waals surface area contributed by atoms with Crippen LogP contribution < -0.4 is 5.73 Å². The molecule has 8 heteroatoms. The van der Waals surface area contributed by atoms with Gasteiger partial charge in [0, 0.05) is 35.1 Å². The van der Waals surface area contributed by atoms with Crippen LogP contribution in [0.5, 0.6) is 0 Å². The van der Waals surface area contributed by atoms with E-state index in [1.165, 1.54) is 6.92 Å². The summed E-state index contributed by atoms with van der Waals surface area (Å²) in [5.41, 5.74) is 6.73. The van der Waals surface area contributed by atoms with Gasteiger partial charge in [-0.1, -0.05) is 37.3 Å². The van der Waals surface area contributed by atoms with Crippen molar-refractivity contribution in [3.63, 3.8) is 0 Å². The maximum atomic E-state index is 15.0. The third-order valence-corrected chi connectivity index (χ3v) is 7.28. The van der Waals surface area contributed by atoms with Crippen LogP contribution in [0.3, 0.4) is 0 Å². The van der Waals surface area contributed by atoms with Crippen LogP contribution in [0, 0.1) is 41.4 Å². The predicted molar refractivity (Wildman–Crippen MR) is 121 cm³/mol. The van der Waals surface area contributed by atoms with Crippen LogP contribution in [0.1, 0.15) is 37.2 Å². The number of cyclic esters (lactones) is 1. The van der Waals surface area contributed by atoms with Crippen LogP contribution in [0.2, 0.25) is 0 Å². The minimum Gasteiger partial charge on any atom is -0.461 e. The van der Waals surface area contributed by atoms with Crippen LogP contribution in [0.4, 0.5) is 8.78 Å². The number of aromatic nitrogens is 1. The number of hydrogen-bond acceptors (Lipinski definition) is 5. The fraction of sp³-hybridized carbons (Fsp3) is 0.385. The molecule has 1 saturated heterocycles. The molecule has 2 aromatic rings. The van der Waals surface area contributed by atoms with Gasteiger partial charge in [-0.2, -0.15) is 5.26 Å². The smallest absolute Gasteiger partial charge is 0.322 e. The highest BCUT2D eigenvalue weighted by molar-refractivity contribution is 6.04. The fourth-order valence-electron chi connectivity index (χ4n) is 5.46. The van der Waals surface area contributed by atoms with E-state index < -0.39 is 53.5 Å². The number of nitrogens with two attached hydrogens (primary N) is 1. The van der Waals surface area contributed by atoms with E-state index in [9.17, 15) is 14.9 Å². The quantitative estimate of drug-likeness (QED) is 0.536. The number of hydrogen-bond donors (Lipinski definition) is 1. The summed E-state index contributed by atoms with van der Waals surface area (Å²) in [4.78, 5) is 29.4. The molecule has 1 amide bonds. The number of fused-ring (bicyclic) bond motifs is 1. The van der Waals surface area contributed by atoms with Crippen molar-refractivity contribution in [2.24, 2.45) is 28.9 Å². The number of amides is 1. The molecule has 2 fully saturated rings. The van der Waals surface area contributed by atoms with Crippen LogP contribution in [0.25, 0.3) is 17.2 Å². The van der Waals surface area contributed by atoms with E-state index in [0.717, 1.165) is 11.1 Å². The highest BCUT2D eigenvalue weighted by Crippen LogP contribution is 2.59. The molecule has 2 N–H and O–H groups in total. The van der Waals surface area contributed by atoms with E-state index in [4.69, 9.17) is 10.5 Å². The molecule has 176 valence electrons. The monoisotopic (exact) mass is 465 g/mol. The molecule has 5 atom stereocenters. The molecule has 2 heterocycles. The second-order valence-electron chi connectivity index (χ2n) is 9.16. The summed E-state index contributed by atoms with van der Waals surface area (Å²) in [6, 6.07) is 12.9. The number of pyridine rings is 1. The van der Waals surface area contributed by atoms with E-state index >= 15 is 8.78 Å². The first-order chi connectivity index (χ1) is 16.0. The van der Waals surface area contributed by atoms with Gasteiger partial charge < -0.3 is 10.5 Å². The number of rotatable bonds is 4. The number of primary amides is 1. The second kappa shape index (κ2) is 8.32. The molecule has 0 unspecified atom stereocenters. The Hall–Kier alpha value is -3.60. The molecule has 0 bridgehead atoms. The van der Waals surface area contributed by atoms with Crippen molar-refractivity contribution in [1.82, 2.24) is 4.98 Å². The molecule has 0 radical (unpaired) electrons. The maximum Gasteiger partial charge on any atom is 0.322 e. The molecule has 0 spiro atoms. The number of carbonyl (C=O) groups is 2. The molecule has 1 aromatic heterocycles. The van der Waals surface area contributed by atoms with Crippen LogP contribution in [0.15, 0.2) is 42.5 Å². The normalized spacial score (nSPS) is 29.9. The van der Waals surface area contributed by atoms with Crippen molar-refractivity contribution in [3.8, 4) is 17.2 Å². The minimum atomic E-state index is -3.28. The highest BCUT2D eigenvalue weighted by Gasteiger charge is 2.70. The molecule has 6 nitrogen and oxygen atoms in total. The SMILES string of the molecule is Cc1nc(C=C[C@@H]2[C@@H]3[C@@H](C)OC(=O)[C@]3(C(N)=O)CC(F)(F)[C@H]2C)ccc1-c1ccccc1C#N. The Bertz CT molecular complexity index is 1240. The number of nitriles is 1. The van der Waals surface area contributed by atoms with E-state index in [0.29, 0.717) is 17.0 Å².